The minimum absolute atomic E-state index is 0.215. The maximum absolute atomic E-state index is 12.2. The Morgan fingerprint density at radius 3 is 1.62 bits per heavy atom. The maximum Gasteiger partial charge on any atom is 0.138 e. The lowest BCUT2D eigenvalue weighted by Crippen LogP contribution is -2.51. The monoisotopic (exact) mass is 362 g/mol. The Morgan fingerprint density at radius 1 is 0.692 bits per heavy atom. The van der Waals surface area contributed by atoms with E-state index in [0.717, 1.165) is 36.8 Å². The predicted molar refractivity (Wildman–Crippen MR) is 109 cm³/mol. The summed E-state index contributed by atoms with van der Waals surface area (Å²) < 4.78 is 0. The van der Waals surface area contributed by atoms with Crippen molar-refractivity contribution in [2.45, 2.75) is 91.1 Å². The van der Waals surface area contributed by atoms with E-state index in [9.17, 15) is 4.79 Å². The smallest absolute Gasteiger partial charge is 0.138 e. The number of likely N-dealkylation sites (tertiary alicyclic amines) is 2. The van der Waals surface area contributed by atoms with Gasteiger partial charge in [-0.3, -0.25) is 4.79 Å². The van der Waals surface area contributed by atoms with Crippen LogP contribution in [0.2, 0.25) is 0 Å². The van der Waals surface area contributed by atoms with Crippen molar-refractivity contribution in [3.63, 3.8) is 0 Å². The zero-order valence-electron chi connectivity index (χ0n) is 17.8. The van der Waals surface area contributed by atoms with Crippen molar-refractivity contribution in [1.82, 2.24) is 9.80 Å². The third-order valence-corrected chi connectivity index (χ3v) is 7.72. The molecular formula is C23H42N2O. The summed E-state index contributed by atoms with van der Waals surface area (Å²) in [5.74, 6) is 2.89. The minimum atomic E-state index is 0.215. The van der Waals surface area contributed by atoms with Gasteiger partial charge in [0.2, 0.25) is 0 Å². The van der Waals surface area contributed by atoms with Crippen LogP contribution >= 0.6 is 0 Å². The third kappa shape index (κ3) is 4.90. The fourth-order valence-electron chi connectivity index (χ4n) is 5.76. The number of hydrogen-bond acceptors (Lipinski definition) is 3. The van der Waals surface area contributed by atoms with Gasteiger partial charge >= 0.3 is 0 Å². The van der Waals surface area contributed by atoms with Gasteiger partial charge in [-0.15, -0.1) is 0 Å². The van der Waals surface area contributed by atoms with E-state index in [4.69, 9.17) is 0 Å². The summed E-state index contributed by atoms with van der Waals surface area (Å²) in [5, 5.41) is 0. The summed E-state index contributed by atoms with van der Waals surface area (Å²) in [6.07, 6.45) is 10.3. The molecule has 0 atom stereocenters. The van der Waals surface area contributed by atoms with Crippen LogP contribution < -0.4 is 0 Å². The number of ketones is 1. The van der Waals surface area contributed by atoms with E-state index in [1.165, 1.54) is 64.7 Å². The largest absolute Gasteiger partial charge is 0.300 e. The summed E-state index contributed by atoms with van der Waals surface area (Å²) >= 11 is 0. The van der Waals surface area contributed by atoms with Crippen LogP contribution in [0.15, 0.2) is 0 Å². The van der Waals surface area contributed by atoms with Crippen molar-refractivity contribution in [3.8, 4) is 0 Å². The van der Waals surface area contributed by atoms with Crippen molar-refractivity contribution >= 4 is 5.78 Å². The predicted octanol–water partition coefficient (Wildman–Crippen LogP) is 4.60. The molecule has 3 nitrogen and oxygen atoms in total. The molecule has 26 heavy (non-hydrogen) atoms. The van der Waals surface area contributed by atoms with Crippen LogP contribution in [0.4, 0.5) is 0 Å². The van der Waals surface area contributed by atoms with Crippen molar-refractivity contribution in [1.29, 1.82) is 0 Å². The summed E-state index contributed by atoms with van der Waals surface area (Å²) in [4.78, 5) is 17.8. The highest BCUT2D eigenvalue weighted by Crippen LogP contribution is 2.33. The summed E-state index contributed by atoms with van der Waals surface area (Å²) in [6, 6.07) is 1.58. The van der Waals surface area contributed by atoms with Crippen molar-refractivity contribution in [2.24, 2.45) is 23.7 Å². The Morgan fingerprint density at radius 2 is 1.15 bits per heavy atom. The van der Waals surface area contributed by atoms with Crippen LogP contribution in [0.1, 0.15) is 79.1 Å². The van der Waals surface area contributed by atoms with Crippen LogP contribution in [0.5, 0.6) is 0 Å². The van der Waals surface area contributed by atoms with Crippen molar-refractivity contribution in [3.05, 3.63) is 0 Å². The van der Waals surface area contributed by atoms with Gasteiger partial charge in [-0.1, -0.05) is 27.7 Å². The topological polar surface area (TPSA) is 23.6 Å². The molecule has 0 aromatic heterocycles. The summed E-state index contributed by atoms with van der Waals surface area (Å²) in [7, 11) is 0. The van der Waals surface area contributed by atoms with Gasteiger partial charge in [0.1, 0.15) is 5.78 Å². The molecule has 1 saturated carbocycles. The van der Waals surface area contributed by atoms with Gasteiger partial charge in [0.25, 0.3) is 0 Å². The quantitative estimate of drug-likeness (QED) is 0.714. The normalized spacial score (nSPS) is 31.0. The van der Waals surface area contributed by atoms with Gasteiger partial charge in [-0.2, -0.15) is 0 Å². The second kappa shape index (κ2) is 9.19. The lowest BCUT2D eigenvalue weighted by Gasteiger charge is -2.45. The molecule has 3 rings (SSSR count). The fourth-order valence-corrected chi connectivity index (χ4v) is 5.76. The van der Waals surface area contributed by atoms with E-state index in [0.29, 0.717) is 11.7 Å². The van der Waals surface area contributed by atoms with Crippen LogP contribution in [0.25, 0.3) is 0 Å². The number of piperidine rings is 2. The molecule has 0 amide bonds. The molecule has 3 aliphatic rings. The highest BCUT2D eigenvalue weighted by molar-refractivity contribution is 5.82. The van der Waals surface area contributed by atoms with Gasteiger partial charge in [0.15, 0.2) is 0 Å². The Hall–Kier alpha value is -0.410. The van der Waals surface area contributed by atoms with Crippen LogP contribution in [0.3, 0.4) is 0 Å². The molecule has 0 spiro atoms. The van der Waals surface area contributed by atoms with E-state index in [1.807, 2.05) is 0 Å². The fraction of sp³-hybridized carbons (Fsp3) is 0.957. The molecule has 0 N–H and O–H groups in total. The molecule has 1 aliphatic carbocycles. The van der Waals surface area contributed by atoms with Crippen LogP contribution in [-0.4, -0.2) is 53.8 Å². The van der Waals surface area contributed by atoms with Gasteiger partial charge in [-0.25, -0.2) is 0 Å². The van der Waals surface area contributed by atoms with E-state index in [-0.39, 0.29) is 5.92 Å². The molecule has 0 radical (unpaired) electrons. The lowest BCUT2D eigenvalue weighted by molar-refractivity contribution is -0.127. The highest BCUT2D eigenvalue weighted by atomic mass is 16.1. The van der Waals surface area contributed by atoms with Crippen LogP contribution in [0, 0.1) is 23.7 Å². The molecular weight excluding hydrogens is 320 g/mol. The van der Waals surface area contributed by atoms with Gasteiger partial charge in [-0.05, 0) is 89.4 Å². The second-order valence-corrected chi connectivity index (χ2v) is 9.95. The molecule has 3 heteroatoms. The van der Waals surface area contributed by atoms with E-state index in [1.54, 1.807) is 0 Å². The molecule has 0 unspecified atom stereocenters. The molecule has 150 valence electrons. The number of rotatable bonds is 5. The van der Waals surface area contributed by atoms with Crippen molar-refractivity contribution in [2.75, 3.05) is 26.2 Å². The standard InChI is InChI=1S/C23H42N2O/c1-17(2)19-9-13-24(14-10-19)22-11-15-25(16-12-22)21-7-5-20(6-8-21)23(26)18(3)4/h17-22H,5-16H2,1-4H3. The van der Waals surface area contributed by atoms with E-state index in [2.05, 4.69) is 37.5 Å². The number of Topliss-reactive ketones (excluding diaryl/α,β-unsaturated/α-hetero) is 1. The number of nitrogens with zero attached hydrogens (tertiary/aromatic N) is 2. The maximum atomic E-state index is 12.2. The third-order valence-electron chi connectivity index (χ3n) is 7.72. The Kier molecular flexibility index (Phi) is 7.18. The van der Waals surface area contributed by atoms with Gasteiger partial charge in [0, 0.05) is 23.9 Å². The first kappa shape index (κ1) is 20.3. The number of hydrogen-bond donors (Lipinski definition) is 0. The Balaban J connectivity index is 1.39. The van der Waals surface area contributed by atoms with Crippen molar-refractivity contribution < 1.29 is 4.79 Å². The molecule has 2 heterocycles. The molecule has 2 saturated heterocycles. The molecule has 0 aromatic carbocycles. The molecule has 2 aliphatic heterocycles. The minimum Gasteiger partial charge on any atom is -0.300 e. The van der Waals surface area contributed by atoms with Crippen LogP contribution in [-0.2, 0) is 4.79 Å². The molecule has 0 aromatic rings. The second-order valence-electron chi connectivity index (χ2n) is 9.95. The highest BCUT2D eigenvalue weighted by Gasteiger charge is 2.34. The summed E-state index contributed by atoms with van der Waals surface area (Å²) in [6.45, 7) is 14.1. The Bertz CT molecular complexity index is 437. The van der Waals surface area contributed by atoms with E-state index >= 15 is 0 Å². The molecule has 3 fully saturated rings. The SMILES string of the molecule is CC(C)C(=O)C1CCC(N2CCC(N3CCC(C(C)C)CC3)CC2)CC1. The van der Waals surface area contributed by atoms with E-state index < -0.39 is 0 Å². The first-order chi connectivity index (χ1) is 12.5. The van der Waals surface area contributed by atoms with Gasteiger partial charge < -0.3 is 9.80 Å². The zero-order valence-corrected chi connectivity index (χ0v) is 17.8. The first-order valence-electron chi connectivity index (χ1n) is 11.5. The average Bonchev–Trinajstić information content (AvgIpc) is 2.67. The zero-order chi connectivity index (χ0) is 18.7. The first-order valence-corrected chi connectivity index (χ1v) is 11.5. The summed E-state index contributed by atoms with van der Waals surface area (Å²) in [5.41, 5.74) is 0. The number of carbonyl (C=O) groups is 1. The molecule has 0 bridgehead atoms. The average molecular weight is 363 g/mol. The Labute approximate surface area is 161 Å². The van der Waals surface area contributed by atoms with Gasteiger partial charge in [0.05, 0.1) is 0 Å². The number of carbonyl (C=O) groups excluding carboxylic acids is 1. The lowest BCUT2D eigenvalue weighted by atomic mass is 9.79.